The molecule has 0 saturated heterocycles. The van der Waals surface area contributed by atoms with Crippen LogP contribution in [0.4, 0.5) is 0 Å². The summed E-state index contributed by atoms with van der Waals surface area (Å²) in [5, 5.41) is 10.5. The predicted octanol–water partition coefficient (Wildman–Crippen LogP) is -2.22. The lowest BCUT2D eigenvalue weighted by Gasteiger charge is -2.13. The second-order valence-electron chi connectivity index (χ2n) is 2.84. The molecule has 7 heteroatoms. The first-order valence-corrected chi connectivity index (χ1v) is 3.91. The van der Waals surface area contributed by atoms with Crippen molar-refractivity contribution in [2.75, 3.05) is 0 Å². The molecule has 2 unspecified atom stereocenters. The van der Waals surface area contributed by atoms with E-state index in [-0.39, 0.29) is 0 Å². The quantitative estimate of drug-likeness (QED) is 0.401. The monoisotopic (exact) mass is 203 g/mol. The highest BCUT2D eigenvalue weighted by atomic mass is 16.4. The molecule has 6 N–H and O–H groups in total. The van der Waals surface area contributed by atoms with E-state index < -0.39 is 36.3 Å². The van der Waals surface area contributed by atoms with Gasteiger partial charge in [-0.15, -0.1) is 0 Å². The molecule has 0 aliphatic carbocycles. The van der Waals surface area contributed by atoms with E-state index in [1.807, 2.05) is 0 Å². The largest absolute Gasteiger partial charge is 0.481 e. The van der Waals surface area contributed by atoms with E-state index in [4.69, 9.17) is 16.6 Å². The Hall–Kier alpha value is -1.63. The molecule has 0 aromatic heterocycles. The zero-order valence-corrected chi connectivity index (χ0v) is 7.69. The molecule has 0 aliphatic heterocycles. The third kappa shape index (κ3) is 4.41. The third-order valence-corrected chi connectivity index (χ3v) is 1.52. The number of carbonyl (C=O) groups is 3. The molecule has 2 amide bonds. The highest BCUT2D eigenvalue weighted by Gasteiger charge is 2.20. The summed E-state index contributed by atoms with van der Waals surface area (Å²) in [6, 6.07) is -2.03. The number of aliphatic carboxylic acids is 1. The van der Waals surface area contributed by atoms with Crippen LogP contribution in [0, 0.1) is 0 Å². The van der Waals surface area contributed by atoms with E-state index in [1.165, 1.54) is 6.92 Å². The van der Waals surface area contributed by atoms with Crippen molar-refractivity contribution in [3.63, 3.8) is 0 Å². The first-order chi connectivity index (χ1) is 6.34. The number of carbonyl (C=O) groups excluding carboxylic acids is 2. The van der Waals surface area contributed by atoms with E-state index >= 15 is 0 Å². The lowest BCUT2D eigenvalue weighted by Crippen LogP contribution is -2.49. The Bertz CT molecular complexity index is 253. The smallest absolute Gasteiger partial charge is 0.305 e. The average Bonchev–Trinajstić information content (AvgIpc) is 2.02. The van der Waals surface area contributed by atoms with Crippen molar-refractivity contribution in [3.8, 4) is 0 Å². The van der Waals surface area contributed by atoms with Crippen LogP contribution in [0.1, 0.15) is 13.3 Å². The number of carboxylic acids is 1. The lowest BCUT2D eigenvalue weighted by atomic mass is 10.2. The maximum atomic E-state index is 11.1. The number of hydrogen-bond acceptors (Lipinski definition) is 4. The Morgan fingerprint density at radius 1 is 1.43 bits per heavy atom. The molecule has 0 radical (unpaired) electrons. The van der Waals surface area contributed by atoms with Gasteiger partial charge in [0, 0.05) is 0 Å². The van der Waals surface area contributed by atoms with E-state index in [2.05, 4.69) is 5.32 Å². The molecule has 0 bridgehead atoms. The summed E-state index contributed by atoms with van der Waals surface area (Å²) < 4.78 is 0. The second kappa shape index (κ2) is 5.18. The Balaban J connectivity index is 4.07. The number of primary amides is 1. The van der Waals surface area contributed by atoms with Crippen LogP contribution >= 0.6 is 0 Å². The topological polar surface area (TPSA) is 136 Å². The van der Waals surface area contributed by atoms with Crippen molar-refractivity contribution in [1.29, 1.82) is 0 Å². The van der Waals surface area contributed by atoms with Crippen molar-refractivity contribution in [2.24, 2.45) is 11.5 Å². The van der Waals surface area contributed by atoms with Crippen LogP contribution in [0.5, 0.6) is 0 Å². The van der Waals surface area contributed by atoms with Crippen LogP contribution in [0.2, 0.25) is 0 Å². The summed E-state index contributed by atoms with van der Waals surface area (Å²) in [6.45, 7) is 1.38. The number of hydrogen-bond donors (Lipinski definition) is 4. The summed E-state index contributed by atoms with van der Waals surface area (Å²) >= 11 is 0. The van der Waals surface area contributed by atoms with Crippen LogP contribution in [-0.2, 0) is 14.4 Å². The highest BCUT2D eigenvalue weighted by molar-refractivity contribution is 5.90. The maximum absolute atomic E-state index is 11.1. The van der Waals surface area contributed by atoms with E-state index in [9.17, 15) is 14.4 Å². The molecule has 0 saturated carbocycles. The lowest BCUT2D eigenvalue weighted by molar-refractivity contribution is -0.139. The molecule has 0 aromatic rings. The molecule has 0 aliphatic rings. The first-order valence-electron chi connectivity index (χ1n) is 3.91. The van der Waals surface area contributed by atoms with Crippen LogP contribution in [0.3, 0.4) is 0 Å². The van der Waals surface area contributed by atoms with Gasteiger partial charge < -0.3 is 21.9 Å². The normalized spacial score (nSPS) is 14.1. The molecule has 0 heterocycles. The first kappa shape index (κ1) is 12.4. The van der Waals surface area contributed by atoms with Crippen LogP contribution in [0.15, 0.2) is 0 Å². The third-order valence-electron chi connectivity index (χ3n) is 1.52. The van der Waals surface area contributed by atoms with Gasteiger partial charge in [0.2, 0.25) is 11.8 Å². The van der Waals surface area contributed by atoms with Gasteiger partial charge in [-0.1, -0.05) is 0 Å². The van der Waals surface area contributed by atoms with Gasteiger partial charge in [0.15, 0.2) is 0 Å². The van der Waals surface area contributed by atoms with Gasteiger partial charge in [-0.05, 0) is 6.92 Å². The molecule has 7 nitrogen and oxygen atoms in total. The fourth-order valence-electron chi connectivity index (χ4n) is 0.672. The van der Waals surface area contributed by atoms with Crippen LogP contribution in [-0.4, -0.2) is 35.0 Å². The molecule has 0 aromatic carbocycles. The van der Waals surface area contributed by atoms with Gasteiger partial charge in [-0.2, -0.15) is 0 Å². The minimum atomic E-state index is -1.18. The van der Waals surface area contributed by atoms with E-state index in [0.29, 0.717) is 0 Å². The van der Waals surface area contributed by atoms with Gasteiger partial charge in [0.25, 0.3) is 0 Å². The van der Waals surface area contributed by atoms with Crippen molar-refractivity contribution in [3.05, 3.63) is 0 Å². The Kier molecular flexibility index (Phi) is 4.57. The molecule has 0 spiro atoms. The Morgan fingerprint density at radius 2 is 1.93 bits per heavy atom. The minimum Gasteiger partial charge on any atom is -0.481 e. The molecule has 80 valence electrons. The number of nitrogens with two attached hydrogens (primary N) is 2. The summed E-state index contributed by atoms with van der Waals surface area (Å²) in [5.74, 6) is -2.60. The van der Waals surface area contributed by atoms with Gasteiger partial charge in [-0.25, -0.2) is 0 Å². The fraction of sp³-hybridized carbons (Fsp3) is 0.571. The molecule has 14 heavy (non-hydrogen) atoms. The zero-order valence-electron chi connectivity index (χ0n) is 7.69. The Labute approximate surface area is 80.4 Å². The van der Waals surface area contributed by atoms with Crippen LogP contribution in [0.25, 0.3) is 0 Å². The predicted molar refractivity (Wildman–Crippen MR) is 47.0 cm³/mol. The minimum absolute atomic E-state index is 0.489. The number of rotatable bonds is 5. The summed E-state index contributed by atoms with van der Waals surface area (Å²) in [7, 11) is 0. The van der Waals surface area contributed by atoms with Crippen molar-refractivity contribution < 1.29 is 19.5 Å². The molecular weight excluding hydrogens is 190 g/mol. The van der Waals surface area contributed by atoms with Crippen molar-refractivity contribution in [1.82, 2.24) is 5.32 Å². The molecular formula is C7H13N3O4. The number of amides is 2. The fourth-order valence-corrected chi connectivity index (χ4v) is 0.672. The summed E-state index contributed by atoms with van der Waals surface area (Å²) in [4.78, 5) is 31.8. The Morgan fingerprint density at radius 3 is 2.29 bits per heavy atom. The molecule has 2 atom stereocenters. The van der Waals surface area contributed by atoms with E-state index in [1.54, 1.807) is 0 Å². The summed E-state index contributed by atoms with van der Waals surface area (Å²) in [6.07, 6.45) is -0.489. The van der Waals surface area contributed by atoms with Crippen molar-refractivity contribution >= 4 is 17.8 Å². The number of nitrogens with one attached hydrogen (secondary N) is 1. The van der Waals surface area contributed by atoms with Gasteiger partial charge in [0.05, 0.1) is 12.5 Å². The SMILES string of the molecule is CC(NC(=O)C(N)CC(=O)O)C(N)=O. The number of carboxylic acid groups (broad SMARTS) is 1. The maximum Gasteiger partial charge on any atom is 0.305 e. The van der Waals surface area contributed by atoms with Crippen molar-refractivity contribution in [2.45, 2.75) is 25.4 Å². The molecule has 0 fully saturated rings. The van der Waals surface area contributed by atoms with Gasteiger partial charge in [0.1, 0.15) is 6.04 Å². The van der Waals surface area contributed by atoms with Gasteiger partial charge in [-0.3, -0.25) is 14.4 Å². The molecule has 0 rings (SSSR count). The van der Waals surface area contributed by atoms with E-state index in [0.717, 1.165) is 0 Å². The van der Waals surface area contributed by atoms with Crippen LogP contribution < -0.4 is 16.8 Å². The standard InChI is InChI=1S/C7H13N3O4/c1-3(6(9)13)10-7(14)4(8)2-5(11)12/h3-4H,2,8H2,1H3,(H2,9,13)(H,10,14)(H,11,12). The average molecular weight is 203 g/mol. The van der Waals surface area contributed by atoms with Gasteiger partial charge >= 0.3 is 5.97 Å². The highest BCUT2D eigenvalue weighted by Crippen LogP contribution is 1.90. The summed E-state index contributed by atoms with van der Waals surface area (Å²) in [5.41, 5.74) is 10.1. The second-order valence-corrected chi connectivity index (χ2v) is 2.84. The zero-order chi connectivity index (χ0) is 11.3.